The number of benzene rings is 1. The summed E-state index contributed by atoms with van der Waals surface area (Å²) in [5.74, 6) is 1.55. The maximum Gasteiger partial charge on any atom is 0.243 e. The summed E-state index contributed by atoms with van der Waals surface area (Å²) >= 11 is 0. The van der Waals surface area contributed by atoms with Crippen LogP contribution in [0.5, 0.6) is 11.5 Å². The molecule has 7 nitrogen and oxygen atoms in total. The summed E-state index contributed by atoms with van der Waals surface area (Å²) in [7, 11) is -3.51. The van der Waals surface area contributed by atoms with E-state index in [1.165, 1.54) is 0 Å². The van der Waals surface area contributed by atoms with Gasteiger partial charge in [0.25, 0.3) is 0 Å². The van der Waals surface area contributed by atoms with E-state index in [-0.39, 0.29) is 4.90 Å². The van der Waals surface area contributed by atoms with Crippen molar-refractivity contribution in [3.8, 4) is 11.5 Å². The van der Waals surface area contributed by atoms with Crippen molar-refractivity contribution in [2.75, 3.05) is 26.3 Å². The molecule has 0 unspecified atom stereocenters. The van der Waals surface area contributed by atoms with Gasteiger partial charge < -0.3 is 9.47 Å². The highest BCUT2D eigenvalue weighted by Crippen LogP contribution is 2.34. The van der Waals surface area contributed by atoms with Crippen LogP contribution >= 0.6 is 0 Å². The molecule has 1 saturated heterocycles. The third kappa shape index (κ3) is 3.36. The van der Waals surface area contributed by atoms with Gasteiger partial charge in [-0.2, -0.15) is 9.40 Å². The summed E-state index contributed by atoms with van der Waals surface area (Å²) in [5, 5.41) is 4.23. The van der Waals surface area contributed by atoms with Gasteiger partial charge in [-0.15, -0.1) is 0 Å². The summed E-state index contributed by atoms with van der Waals surface area (Å²) in [6, 6.07) is 6.74. The lowest BCUT2D eigenvalue weighted by Gasteiger charge is -2.31. The number of sulfonamides is 1. The molecule has 0 bridgehead atoms. The summed E-state index contributed by atoms with van der Waals surface area (Å²) in [4.78, 5) is 0.266. The zero-order valence-electron chi connectivity index (χ0n) is 13.9. The zero-order valence-corrected chi connectivity index (χ0v) is 14.7. The van der Waals surface area contributed by atoms with Crippen molar-refractivity contribution in [3.05, 3.63) is 36.7 Å². The molecule has 0 amide bonds. The van der Waals surface area contributed by atoms with Crippen molar-refractivity contribution in [2.45, 2.75) is 24.3 Å². The number of nitrogens with zero attached hydrogens (tertiary/aromatic N) is 3. The van der Waals surface area contributed by atoms with Crippen LogP contribution in [-0.2, 0) is 16.6 Å². The lowest BCUT2D eigenvalue weighted by molar-refractivity contribution is 0.171. The second kappa shape index (κ2) is 6.68. The van der Waals surface area contributed by atoms with Crippen molar-refractivity contribution in [1.82, 2.24) is 14.1 Å². The predicted molar refractivity (Wildman–Crippen MR) is 91.1 cm³/mol. The Kier molecular flexibility index (Phi) is 4.39. The maximum atomic E-state index is 12.9. The van der Waals surface area contributed by atoms with Gasteiger partial charge in [-0.25, -0.2) is 8.42 Å². The molecule has 0 aliphatic carbocycles. The Morgan fingerprint density at radius 3 is 2.60 bits per heavy atom. The molecule has 0 spiro atoms. The first-order valence-electron chi connectivity index (χ1n) is 8.50. The molecule has 4 rings (SSSR count). The normalized spacial score (nSPS) is 19.0. The molecule has 2 aliphatic heterocycles. The van der Waals surface area contributed by atoms with Crippen LogP contribution in [0, 0.1) is 5.92 Å². The highest BCUT2D eigenvalue weighted by atomic mass is 32.2. The minimum atomic E-state index is -3.51. The minimum absolute atomic E-state index is 0.266. The lowest BCUT2D eigenvalue weighted by Crippen LogP contribution is -2.39. The van der Waals surface area contributed by atoms with Crippen LogP contribution in [-0.4, -0.2) is 48.8 Å². The summed E-state index contributed by atoms with van der Waals surface area (Å²) in [6.45, 7) is 2.83. The Balaban J connectivity index is 1.44. The van der Waals surface area contributed by atoms with E-state index in [4.69, 9.17) is 9.47 Å². The van der Waals surface area contributed by atoms with Crippen LogP contribution in [0.1, 0.15) is 12.8 Å². The fourth-order valence-corrected chi connectivity index (χ4v) is 4.82. The molecule has 0 radical (unpaired) electrons. The summed E-state index contributed by atoms with van der Waals surface area (Å²) in [5.41, 5.74) is 0. The lowest BCUT2D eigenvalue weighted by atomic mass is 9.98. The van der Waals surface area contributed by atoms with Crippen molar-refractivity contribution >= 4 is 10.0 Å². The highest BCUT2D eigenvalue weighted by Gasteiger charge is 2.30. The van der Waals surface area contributed by atoms with E-state index in [2.05, 4.69) is 5.10 Å². The molecule has 3 heterocycles. The number of hydrogen-bond donors (Lipinski definition) is 0. The molecule has 25 heavy (non-hydrogen) atoms. The van der Waals surface area contributed by atoms with Crippen molar-refractivity contribution in [2.24, 2.45) is 5.92 Å². The van der Waals surface area contributed by atoms with E-state index < -0.39 is 10.0 Å². The zero-order chi connectivity index (χ0) is 17.3. The van der Waals surface area contributed by atoms with E-state index in [0.717, 1.165) is 19.4 Å². The topological polar surface area (TPSA) is 73.7 Å². The largest absolute Gasteiger partial charge is 0.486 e. The van der Waals surface area contributed by atoms with Gasteiger partial charge in [0.15, 0.2) is 11.5 Å². The van der Waals surface area contributed by atoms with Gasteiger partial charge in [0.1, 0.15) is 13.2 Å². The minimum Gasteiger partial charge on any atom is -0.486 e. The summed E-state index contributed by atoms with van der Waals surface area (Å²) < 4.78 is 40.3. The van der Waals surface area contributed by atoms with Gasteiger partial charge in [-0.05, 0) is 37.0 Å². The molecule has 1 fully saturated rings. The standard InChI is InChI=1S/C17H21N3O4S/c21-25(22,15-2-3-16-17(12-15)24-11-10-23-16)20-8-4-14(5-9-20)13-19-7-1-6-18-19/h1-3,6-7,12,14H,4-5,8-11,13H2. The van der Waals surface area contributed by atoms with Crippen LogP contribution in [0.4, 0.5) is 0 Å². The summed E-state index contributed by atoms with van der Waals surface area (Å²) in [6.07, 6.45) is 5.38. The molecule has 0 saturated carbocycles. The first-order chi connectivity index (χ1) is 12.1. The quantitative estimate of drug-likeness (QED) is 0.827. The van der Waals surface area contributed by atoms with Crippen molar-refractivity contribution in [3.63, 3.8) is 0 Å². The maximum absolute atomic E-state index is 12.9. The number of piperidine rings is 1. The first-order valence-corrected chi connectivity index (χ1v) is 9.94. The Labute approximate surface area is 147 Å². The van der Waals surface area contributed by atoms with E-state index >= 15 is 0 Å². The molecule has 2 aliphatic rings. The molecular weight excluding hydrogens is 342 g/mol. The molecule has 134 valence electrons. The van der Waals surface area contributed by atoms with Gasteiger partial charge >= 0.3 is 0 Å². The van der Waals surface area contributed by atoms with Gasteiger partial charge in [0.2, 0.25) is 10.0 Å². The first kappa shape index (κ1) is 16.4. The Hall–Kier alpha value is -2.06. The molecule has 8 heteroatoms. The fraction of sp³-hybridized carbons (Fsp3) is 0.471. The van der Waals surface area contributed by atoms with Gasteiger partial charge in [0.05, 0.1) is 4.90 Å². The number of rotatable bonds is 4. The molecule has 1 aromatic heterocycles. The number of ether oxygens (including phenoxy) is 2. The molecule has 2 aromatic rings. The van der Waals surface area contributed by atoms with Crippen LogP contribution in [0.3, 0.4) is 0 Å². The van der Waals surface area contributed by atoms with Crippen LogP contribution in [0.25, 0.3) is 0 Å². The highest BCUT2D eigenvalue weighted by molar-refractivity contribution is 7.89. The number of fused-ring (bicyclic) bond motifs is 1. The number of aromatic nitrogens is 2. The van der Waals surface area contributed by atoms with Gasteiger partial charge in [0, 0.05) is 38.1 Å². The van der Waals surface area contributed by atoms with E-state index in [1.54, 1.807) is 28.7 Å². The van der Waals surface area contributed by atoms with E-state index in [1.807, 2.05) is 16.9 Å². The average molecular weight is 363 g/mol. The van der Waals surface area contributed by atoms with Crippen LogP contribution in [0.2, 0.25) is 0 Å². The van der Waals surface area contributed by atoms with Crippen molar-refractivity contribution < 1.29 is 17.9 Å². The molecule has 0 N–H and O–H groups in total. The fourth-order valence-electron chi connectivity index (χ4n) is 3.34. The van der Waals surface area contributed by atoms with Gasteiger partial charge in [-0.1, -0.05) is 0 Å². The monoisotopic (exact) mass is 363 g/mol. The predicted octanol–water partition coefficient (Wildman–Crippen LogP) is 1.76. The van der Waals surface area contributed by atoms with Gasteiger partial charge in [-0.3, -0.25) is 4.68 Å². The smallest absolute Gasteiger partial charge is 0.243 e. The second-order valence-electron chi connectivity index (χ2n) is 6.38. The Morgan fingerprint density at radius 2 is 1.88 bits per heavy atom. The molecule has 0 atom stereocenters. The van der Waals surface area contributed by atoms with Crippen LogP contribution in [0.15, 0.2) is 41.6 Å². The number of hydrogen-bond acceptors (Lipinski definition) is 5. The average Bonchev–Trinajstić information content (AvgIpc) is 3.15. The van der Waals surface area contributed by atoms with E-state index in [0.29, 0.717) is 43.7 Å². The van der Waals surface area contributed by atoms with Crippen LogP contribution < -0.4 is 9.47 Å². The third-order valence-corrected chi connectivity index (χ3v) is 6.62. The Morgan fingerprint density at radius 1 is 1.12 bits per heavy atom. The Bertz CT molecular complexity index is 828. The second-order valence-corrected chi connectivity index (χ2v) is 8.32. The molecule has 1 aromatic carbocycles. The van der Waals surface area contributed by atoms with E-state index in [9.17, 15) is 8.42 Å². The van der Waals surface area contributed by atoms with Crippen molar-refractivity contribution in [1.29, 1.82) is 0 Å². The molecular formula is C17H21N3O4S. The SMILES string of the molecule is O=S(=O)(c1ccc2c(c1)OCCO2)N1CCC(Cn2cccn2)CC1. The third-order valence-electron chi connectivity index (χ3n) is 4.73.